The zero-order chi connectivity index (χ0) is 19.1. The van der Waals surface area contributed by atoms with Crippen LogP contribution in [0.5, 0.6) is 5.75 Å². The monoisotopic (exact) mass is 370 g/mol. The number of amides is 1. The van der Waals surface area contributed by atoms with E-state index in [0.717, 1.165) is 42.8 Å². The molecule has 0 spiro atoms. The molecule has 0 bridgehead atoms. The minimum Gasteiger partial charge on any atom is -0.494 e. The fourth-order valence-corrected chi connectivity index (χ4v) is 3.22. The van der Waals surface area contributed by atoms with Crippen LogP contribution in [0.2, 0.25) is 0 Å². The van der Waals surface area contributed by atoms with Crippen molar-refractivity contribution in [2.45, 2.75) is 32.7 Å². The van der Waals surface area contributed by atoms with Crippen LogP contribution in [0.25, 0.3) is 0 Å². The van der Waals surface area contributed by atoms with Crippen LogP contribution in [0, 0.1) is 5.92 Å². The number of carbonyl (C=O) groups is 1. The SMILES string of the molecule is CCCOc1ccc(CNC(=O)[C@@H]2CCCN(c3cn[nH]c(=O)c3)C2)cc1. The van der Waals surface area contributed by atoms with Crippen LogP contribution < -0.4 is 20.5 Å². The van der Waals surface area contributed by atoms with Gasteiger partial charge < -0.3 is 15.0 Å². The average Bonchev–Trinajstić information content (AvgIpc) is 2.71. The molecule has 0 aliphatic carbocycles. The van der Waals surface area contributed by atoms with Crippen LogP contribution in [0.15, 0.2) is 41.3 Å². The summed E-state index contributed by atoms with van der Waals surface area (Å²) in [7, 11) is 0. The number of nitrogens with one attached hydrogen (secondary N) is 2. The van der Waals surface area contributed by atoms with Crippen molar-refractivity contribution >= 4 is 11.6 Å². The maximum atomic E-state index is 12.6. The molecule has 0 saturated carbocycles. The molecule has 7 heteroatoms. The molecular formula is C20H26N4O3. The summed E-state index contributed by atoms with van der Waals surface area (Å²) in [6.07, 6.45) is 4.37. The molecule has 7 nitrogen and oxygen atoms in total. The average molecular weight is 370 g/mol. The van der Waals surface area contributed by atoms with E-state index < -0.39 is 0 Å². The van der Waals surface area contributed by atoms with E-state index in [1.807, 2.05) is 24.3 Å². The number of benzene rings is 1. The summed E-state index contributed by atoms with van der Waals surface area (Å²) >= 11 is 0. The Hall–Kier alpha value is -2.83. The highest BCUT2D eigenvalue weighted by molar-refractivity contribution is 5.79. The molecular weight excluding hydrogens is 344 g/mol. The lowest BCUT2D eigenvalue weighted by Gasteiger charge is -2.33. The summed E-state index contributed by atoms with van der Waals surface area (Å²) in [5, 5.41) is 9.24. The number of H-pyrrole nitrogens is 1. The number of carbonyl (C=O) groups excluding carboxylic acids is 1. The number of anilines is 1. The van der Waals surface area contributed by atoms with Crippen LogP contribution in [0.4, 0.5) is 5.69 Å². The molecule has 144 valence electrons. The standard InChI is InChI=1S/C20H26N4O3/c1-2-10-27-18-7-5-15(6-8-18)12-21-20(26)16-4-3-9-24(14-16)17-11-19(25)23-22-13-17/h5-8,11,13,16H,2-4,9-10,12,14H2,1H3,(H,21,26)(H,23,25)/t16-/m1/s1. The predicted molar refractivity (Wildman–Crippen MR) is 104 cm³/mol. The zero-order valence-electron chi connectivity index (χ0n) is 15.6. The molecule has 1 aromatic heterocycles. The fourth-order valence-electron chi connectivity index (χ4n) is 3.22. The van der Waals surface area contributed by atoms with E-state index in [2.05, 4.69) is 27.3 Å². The molecule has 2 aromatic rings. The highest BCUT2D eigenvalue weighted by Crippen LogP contribution is 2.22. The lowest BCUT2D eigenvalue weighted by atomic mass is 9.96. The molecule has 0 radical (unpaired) electrons. The Labute approximate surface area is 158 Å². The van der Waals surface area contributed by atoms with E-state index in [0.29, 0.717) is 19.7 Å². The van der Waals surface area contributed by atoms with E-state index in [-0.39, 0.29) is 17.4 Å². The molecule has 0 unspecified atom stereocenters. The minimum absolute atomic E-state index is 0.0452. The minimum atomic E-state index is -0.231. The van der Waals surface area contributed by atoms with Gasteiger partial charge in [-0.1, -0.05) is 19.1 Å². The van der Waals surface area contributed by atoms with Gasteiger partial charge in [0.15, 0.2) is 0 Å². The van der Waals surface area contributed by atoms with E-state index in [9.17, 15) is 9.59 Å². The van der Waals surface area contributed by atoms with Crippen molar-refractivity contribution in [1.29, 1.82) is 0 Å². The Morgan fingerprint density at radius 3 is 2.93 bits per heavy atom. The smallest absolute Gasteiger partial charge is 0.266 e. The van der Waals surface area contributed by atoms with Crippen molar-refractivity contribution < 1.29 is 9.53 Å². The molecule has 1 amide bonds. The number of aromatic amines is 1. The molecule has 1 fully saturated rings. The number of aromatic nitrogens is 2. The molecule has 2 heterocycles. The number of rotatable bonds is 7. The Bertz CT molecular complexity index is 803. The number of ether oxygens (including phenoxy) is 1. The Morgan fingerprint density at radius 1 is 1.37 bits per heavy atom. The Balaban J connectivity index is 1.52. The summed E-state index contributed by atoms with van der Waals surface area (Å²) in [6.45, 7) is 4.70. The largest absolute Gasteiger partial charge is 0.494 e. The van der Waals surface area contributed by atoms with Crippen LogP contribution >= 0.6 is 0 Å². The third-order valence-electron chi connectivity index (χ3n) is 4.67. The summed E-state index contributed by atoms with van der Waals surface area (Å²) in [6, 6.07) is 9.33. The Kier molecular flexibility index (Phi) is 6.46. The van der Waals surface area contributed by atoms with Crippen molar-refractivity contribution in [3.8, 4) is 5.75 Å². The number of nitrogens with zero attached hydrogens (tertiary/aromatic N) is 2. The first-order valence-electron chi connectivity index (χ1n) is 9.45. The zero-order valence-corrected chi connectivity index (χ0v) is 15.6. The molecule has 3 rings (SSSR count). The summed E-state index contributed by atoms with van der Waals surface area (Å²) in [5.74, 6) is 0.801. The van der Waals surface area contributed by atoms with Crippen molar-refractivity contribution in [1.82, 2.24) is 15.5 Å². The van der Waals surface area contributed by atoms with Crippen molar-refractivity contribution in [3.63, 3.8) is 0 Å². The topological polar surface area (TPSA) is 87.3 Å². The highest BCUT2D eigenvalue weighted by atomic mass is 16.5. The second-order valence-corrected chi connectivity index (χ2v) is 6.80. The van der Waals surface area contributed by atoms with Gasteiger partial charge in [-0.15, -0.1) is 0 Å². The highest BCUT2D eigenvalue weighted by Gasteiger charge is 2.26. The molecule has 1 aliphatic heterocycles. The fraction of sp³-hybridized carbons (Fsp3) is 0.450. The first kappa shape index (κ1) is 18.9. The summed E-state index contributed by atoms with van der Waals surface area (Å²) in [4.78, 5) is 26.1. The van der Waals surface area contributed by atoms with Gasteiger partial charge in [-0.05, 0) is 37.0 Å². The molecule has 1 atom stereocenters. The lowest BCUT2D eigenvalue weighted by Crippen LogP contribution is -2.43. The number of piperidine rings is 1. The molecule has 27 heavy (non-hydrogen) atoms. The van der Waals surface area contributed by atoms with Gasteiger partial charge in [0.1, 0.15) is 5.75 Å². The second-order valence-electron chi connectivity index (χ2n) is 6.80. The van der Waals surface area contributed by atoms with E-state index >= 15 is 0 Å². The van der Waals surface area contributed by atoms with E-state index in [1.165, 1.54) is 6.07 Å². The van der Waals surface area contributed by atoms with Gasteiger partial charge in [0.25, 0.3) is 5.56 Å². The predicted octanol–water partition coefficient (Wildman–Crippen LogP) is 2.09. The van der Waals surface area contributed by atoms with Crippen LogP contribution in [-0.2, 0) is 11.3 Å². The van der Waals surface area contributed by atoms with Gasteiger partial charge >= 0.3 is 0 Å². The van der Waals surface area contributed by atoms with Crippen molar-refractivity contribution in [2.24, 2.45) is 5.92 Å². The maximum absolute atomic E-state index is 12.6. The maximum Gasteiger partial charge on any atom is 0.266 e. The van der Waals surface area contributed by atoms with Crippen LogP contribution in [-0.4, -0.2) is 35.8 Å². The van der Waals surface area contributed by atoms with Crippen LogP contribution in [0.3, 0.4) is 0 Å². The van der Waals surface area contributed by atoms with E-state index in [4.69, 9.17) is 4.74 Å². The molecule has 2 N–H and O–H groups in total. The Morgan fingerprint density at radius 2 is 2.19 bits per heavy atom. The molecule has 1 aliphatic rings. The number of hydrogen-bond acceptors (Lipinski definition) is 5. The van der Waals surface area contributed by atoms with Crippen molar-refractivity contribution in [3.05, 3.63) is 52.4 Å². The first-order valence-corrected chi connectivity index (χ1v) is 9.45. The third kappa shape index (κ3) is 5.32. The quantitative estimate of drug-likeness (QED) is 0.779. The second kappa shape index (κ2) is 9.21. The van der Waals surface area contributed by atoms with Gasteiger partial charge in [-0.25, -0.2) is 5.10 Å². The number of hydrogen-bond donors (Lipinski definition) is 2. The summed E-state index contributed by atoms with van der Waals surface area (Å²) < 4.78 is 5.57. The van der Waals surface area contributed by atoms with Gasteiger partial charge in [-0.2, -0.15) is 5.10 Å². The summed E-state index contributed by atoms with van der Waals surface area (Å²) in [5.41, 5.74) is 1.57. The molecule has 1 aromatic carbocycles. The third-order valence-corrected chi connectivity index (χ3v) is 4.67. The van der Waals surface area contributed by atoms with Crippen LogP contribution in [0.1, 0.15) is 31.7 Å². The normalized spacial score (nSPS) is 16.8. The van der Waals surface area contributed by atoms with Gasteiger partial charge in [0.05, 0.1) is 24.4 Å². The van der Waals surface area contributed by atoms with Gasteiger partial charge in [0, 0.05) is 25.7 Å². The van der Waals surface area contributed by atoms with Crippen molar-refractivity contribution in [2.75, 3.05) is 24.6 Å². The van der Waals surface area contributed by atoms with Gasteiger partial charge in [-0.3, -0.25) is 9.59 Å². The van der Waals surface area contributed by atoms with E-state index in [1.54, 1.807) is 6.20 Å². The molecule has 1 saturated heterocycles. The lowest BCUT2D eigenvalue weighted by molar-refractivity contribution is -0.125. The first-order chi connectivity index (χ1) is 13.2. The van der Waals surface area contributed by atoms with Gasteiger partial charge in [0.2, 0.25) is 5.91 Å².